The van der Waals surface area contributed by atoms with Gasteiger partial charge in [0.15, 0.2) is 0 Å². The van der Waals surface area contributed by atoms with Crippen LogP contribution in [0.25, 0.3) is 10.2 Å². The van der Waals surface area contributed by atoms with Gasteiger partial charge in [0.05, 0.1) is 28.3 Å². The highest BCUT2D eigenvalue weighted by Gasteiger charge is 2.05. The van der Waals surface area contributed by atoms with Gasteiger partial charge in [-0.05, 0) is 12.1 Å². The van der Waals surface area contributed by atoms with E-state index in [0.29, 0.717) is 13.0 Å². The Morgan fingerprint density at radius 2 is 1.95 bits per heavy atom. The highest BCUT2D eigenvalue weighted by atomic mass is 35.5. The van der Waals surface area contributed by atoms with E-state index in [9.17, 15) is 9.59 Å². The van der Waals surface area contributed by atoms with Crippen LogP contribution in [0.3, 0.4) is 0 Å². The maximum Gasteiger partial charge on any atom is 0.239 e. The van der Waals surface area contributed by atoms with E-state index >= 15 is 0 Å². The van der Waals surface area contributed by atoms with Gasteiger partial charge in [-0.1, -0.05) is 12.1 Å². The standard InChI is InChI=1S/C13H16N4O2S.ClH/c14-7-11(18)16-8-12(19)15-6-5-13-17-9-3-1-2-4-10(9)20-13;/h1-4H,5-8,14H2,(H,15,19)(H,16,18);1H. The number of aromatic nitrogens is 1. The normalized spacial score (nSPS) is 9.95. The molecule has 0 spiro atoms. The van der Waals surface area contributed by atoms with Crippen LogP contribution in [0, 0.1) is 0 Å². The fourth-order valence-corrected chi connectivity index (χ4v) is 2.62. The van der Waals surface area contributed by atoms with Crippen LogP contribution in [0.5, 0.6) is 0 Å². The van der Waals surface area contributed by atoms with Gasteiger partial charge in [0.2, 0.25) is 11.8 Å². The minimum absolute atomic E-state index is 0. The lowest BCUT2D eigenvalue weighted by Gasteiger charge is -2.04. The number of carbonyl (C=O) groups excluding carboxylic acids is 2. The van der Waals surface area contributed by atoms with Gasteiger partial charge in [-0.15, -0.1) is 23.7 Å². The van der Waals surface area contributed by atoms with Gasteiger partial charge < -0.3 is 16.4 Å². The highest BCUT2D eigenvalue weighted by Crippen LogP contribution is 2.21. The molecular weight excluding hydrogens is 312 g/mol. The molecule has 2 amide bonds. The minimum Gasteiger partial charge on any atom is -0.354 e. The van der Waals surface area contributed by atoms with Gasteiger partial charge in [0.1, 0.15) is 0 Å². The molecule has 2 aromatic rings. The lowest BCUT2D eigenvalue weighted by Crippen LogP contribution is -2.40. The quantitative estimate of drug-likeness (QED) is 0.717. The second-order valence-corrected chi connectivity index (χ2v) is 5.27. The Hall–Kier alpha value is -1.70. The Kier molecular flexibility index (Phi) is 7.07. The number of para-hydroxylation sites is 1. The van der Waals surface area contributed by atoms with Crippen molar-refractivity contribution < 1.29 is 9.59 Å². The monoisotopic (exact) mass is 328 g/mol. The maximum absolute atomic E-state index is 11.4. The van der Waals surface area contributed by atoms with E-state index in [2.05, 4.69) is 15.6 Å². The number of nitrogens with zero attached hydrogens (tertiary/aromatic N) is 1. The molecule has 0 radical (unpaired) electrons. The van der Waals surface area contributed by atoms with Crippen LogP contribution in [-0.4, -0.2) is 36.4 Å². The molecule has 0 saturated heterocycles. The number of nitrogens with one attached hydrogen (secondary N) is 2. The lowest BCUT2D eigenvalue weighted by molar-refractivity contribution is -0.125. The summed E-state index contributed by atoms with van der Waals surface area (Å²) in [7, 11) is 0. The summed E-state index contributed by atoms with van der Waals surface area (Å²) in [6, 6.07) is 7.92. The number of halogens is 1. The number of rotatable bonds is 6. The number of benzene rings is 1. The predicted molar refractivity (Wildman–Crippen MR) is 85.6 cm³/mol. The summed E-state index contributed by atoms with van der Waals surface area (Å²) < 4.78 is 1.14. The van der Waals surface area contributed by atoms with E-state index < -0.39 is 0 Å². The average molecular weight is 329 g/mol. The van der Waals surface area contributed by atoms with Crippen molar-refractivity contribution in [3.8, 4) is 0 Å². The Balaban J connectivity index is 0.00000220. The maximum atomic E-state index is 11.4. The van der Waals surface area contributed by atoms with Crippen LogP contribution in [0.4, 0.5) is 0 Å². The van der Waals surface area contributed by atoms with Gasteiger partial charge in [0.25, 0.3) is 0 Å². The van der Waals surface area contributed by atoms with Crippen LogP contribution in [0.2, 0.25) is 0 Å². The van der Waals surface area contributed by atoms with Crippen molar-refractivity contribution in [3.63, 3.8) is 0 Å². The van der Waals surface area contributed by atoms with Crippen molar-refractivity contribution in [2.75, 3.05) is 19.6 Å². The number of nitrogens with two attached hydrogens (primary N) is 1. The third kappa shape index (κ3) is 5.30. The molecule has 0 aliphatic carbocycles. The fourth-order valence-electron chi connectivity index (χ4n) is 1.65. The third-order valence-electron chi connectivity index (χ3n) is 2.63. The molecule has 0 aliphatic rings. The second kappa shape index (κ2) is 8.56. The first kappa shape index (κ1) is 17.4. The van der Waals surface area contributed by atoms with Gasteiger partial charge >= 0.3 is 0 Å². The van der Waals surface area contributed by atoms with Crippen molar-refractivity contribution in [2.24, 2.45) is 5.73 Å². The predicted octanol–water partition coefficient (Wildman–Crippen LogP) is 0.452. The van der Waals surface area contributed by atoms with E-state index in [1.807, 2.05) is 24.3 Å². The zero-order valence-electron chi connectivity index (χ0n) is 11.3. The third-order valence-corrected chi connectivity index (χ3v) is 3.73. The van der Waals surface area contributed by atoms with Gasteiger partial charge in [-0.2, -0.15) is 0 Å². The molecule has 0 fully saturated rings. The number of hydrogen-bond donors (Lipinski definition) is 3. The van der Waals surface area contributed by atoms with Gasteiger partial charge in [-0.25, -0.2) is 4.98 Å². The molecule has 0 unspecified atom stereocenters. The van der Waals surface area contributed by atoms with E-state index in [0.717, 1.165) is 15.2 Å². The molecule has 1 aromatic carbocycles. The molecule has 0 atom stereocenters. The Morgan fingerprint density at radius 1 is 1.19 bits per heavy atom. The van der Waals surface area contributed by atoms with Gasteiger partial charge in [0, 0.05) is 13.0 Å². The van der Waals surface area contributed by atoms with Gasteiger partial charge in [-0.3, -0.25) is 9.59 Å². The van der Waals surface area contributed by atoms with Crippen molar-refractivity contribution in [1.82, 2.24) is 15.6 Å². The van der Waals surface area contributed by atoms with E-state index in [4.69, 9.17) is 5.73 Å². The zero-order chi connectivity index (χ0) is 14.4. The molecular formula is C13H17ClN4O2S. The summed E-state index contributed by atoms with van der Waals surface area (Å²) in [5.74, 6) is -0.570. The van der Waals surface area contributed by atoms with Crippen LogP contribution in [0.1, 0.15) is 5.01 Å². The summed E-state index contributed by atoms with van der Waals surface area (Å²) in [4.78, 5) is 26.8. The summed E-state index contributed by atoms with van der Waals surface area (Å²) in [5.41, 5.74) is 6.10. The topological polar surface area (TPSA) is 97.1 Å². The molecule has 0 bridgehead atoms. The molecule has 1 aromatic heterocycles. The summed E-state index contributed by atoms with van der Waals surface area (Å²) in [6.45, 7) is 0.339. The molecule has 1 heterocycles. The highest BCUT2D eigenvalue weighted by molar-refractivity contribution is 7.18. The smallest absolute Gasteiger partial charge is 0.239 e. The Labute approximate surface area is 132 Å². The molecule has 0 saturated carbocycles. The number of thiazole rings is 1. The minimum atomic E-state index is -0.341. The Bertz CT molecular complexity index is 584. The molecule has 8 heteroatoms. The Morgan fingerprint density at radius 3 is 2.67 bits per heavy atom. The van der Waals surface area contributed by atoms with Crippen LogP contribution < -0.4 is 16.4 Å². The van der Waals surface area contributed by atoms with E-state index in [1.54, 1.807) is 11.3 Å². The number of hydrogen-bond acceptors (Lipinski definition) is 5. The second-order valence-electron chi connectivity index (χ2n) is 4.16. The van der Waals surface area contributed by atoms with Crippen LogP contribution in [0.15, 0.2) is 24.3 Å². The number of amides is 2. The molecule has 0 aliphatic heterocycles. The number of carbonyl (C=O) groups is 2. The van der Waals surface area contributed by atoms with Crippen LogP contribution in [-0.2, 0) is 16.0 Å². The molecule has 2 rings (SSSR count). The van der Waals surface area contributed by atoms with Crippen molar-refractivity contribution in [2.45, 2.75) is 6.42 Å². The number of fused-ring (bicyclic) bond motifs is 1. The first-order valence-corrected chi connectivity index (χ1v) is 7.08. The summed E-state index contributed by atoms with van der Waals surface area (Å²) in [5, 5.41) is 6.12. The molecule has 21 heavy (non-hydrogen) atoms. The average Bonchev–Trinajstić information content (AvgIpc) is 2.87. The van der Waals surface area contributed by atoms with Crippen molar-refractivity contribution >= 4 is 45.8 Å². The summed E-state index contributed by atoms with van der Waals surface area (Å²) in [6.07, 6.45) is 0.677. The first-order chi connectivity index (χ1) is 9.69. The molecule has 6 nitrogen and oxygen atoms in total. The fraction of sp³-hybridized carbons (Fsp3) is 0.308. The lowest BCUT2D eigenvalue weighted by atomic mass is 10.3. The van der Waals surface area contributed by atoms with Crippen LogP contribution >= 0.6 is 23.7 Å². The molecule has 114 valence electrons. The van der Waals surface area contributed by atoms with E-state index in [-0.39, 0.29) is 37.3 Å². The largest absolute Gasteiger partial charge is 0.354 e. The first-order valence-electron chi connectivity index (χ1n) is 6.27. The van der Waals surface area contributed by atoms with Crippen molar-refractivity contribution in [1.29, 1.82) is 0 Å². The van der Waals surface area contributed by atoms with Crippen molar-refractivity contribution in [3.05, 3.63) is 29.3 Å². The van der Waals surface area contributed by atoms with E-state index in [1.165, 1.54) is 0 Å². The zero-order valence-corrected chi connectivity index (χ0v) is 12.9. The molecule has 4 N–H and O–H groups in total. The SMILES string of the molecule is Cl.NCC(=O)NCC(=O)NCCc1nc2ccccc2s1. The summed E-state index contributed by atoms with van der Waals surface area (Å²) >= 11 is 1.62.